The molecule has 0 unspecified atom stereocenters. The molecule has 1 aromatic heterocycles. The van der Waals surface area contributed by atoms with Crippen molar-refractivity contribution in [1.82, 2.24) is 20.2 Å². The Morgan fingerprint density at radius 2 is 1.95 bits per heavy atom. The molecule has 3 heterocycles. The summed E-state index contributed by atoms with van der Waals surface area (Å²) in [5.74, 6) is -5.85. The van der Waals surface area contributed by atoms with Gasteiger partial charge in [-0.3, -0.25) is 14.5 Å². The van der Waals surface area contributed by atoms with Gasteiger partial charge in [-0.15, -0.1) is 0 Å². The first-order valence-corrected chi connectivity index (χ1v) is 13.1. The quantitative estimate of drug-likeness (QED) is 0.545. The Balaban J connectivity index is 1.43. The molecule has 1 saturated heterocycles. The van der Waals surface area contributed by atoms with E-state index in [0.717, 1.165) is 30.4 Å². The number of likely N-dealkylation sites (tertiary alicyclic amines) is 1. The van der Waals surface area contributed by atoms with Gasteiger partial charge in [0.25, 0.3) is 11.8 Å². The van der Waals surface area contributed by atoms with Crippen LogP contribution in [-0.2, 0) is 4.79 Å². The number of carbonyl (C=O) groups excluding carboxylic acids is 2. The van der Waals surface area contributed by atoms with E-state index < -0.39 is 30.1 Å². The molecule has 3 aliphatic rings. The van der Waals surface area contributed by atoms with Crippen molar-refractivity contribution in [2.24, 2.45) is 0 Å². The fraction of sp³-hybridized carbons (Fsp3) is 0.538. The minimum atomic E-state index is -3.59. The number of halogens is 3. The van der Waals surface area contributed by atoms with Gasteiger partial charge in [-0.05, 0) is 25.5 Å². The molecule has 2 amide bonds. The second-order valence-electron chi connectivity index (χ2n) is 10.2. The number of nitrogens with one attached hydrogen (secondary N) is 2. The lowest BCUT2D eigenvalue weighted by molar-refractivity contribution is -0.140. The average Bonchev–Trinajstić information content (AvgIpc) is 3.41. The molecule has 2 N–H and O–H groups in total. The highest BCUT2D eigenvalue weighted by Gasteiger charge is 2.48. The van der Waals surface area contributed by atoms with E-state index in [4.69, 9.17) is 4.74 Å². The van der Waals surface area contributed by atoms with Gasteiger partial charge in [0, 0.05) is 32.2 Å². The van der Waals surface area contributed by atoms with E-state index in [1.165, 1.54) is 31.3 Å². The minimum absolute atomic E-state index is 0.00633. The predicted octanol–water partition coefficient (Wildman–Crippen LogP) is 3.16. The third kappa shape index (κ3) is 5.19. The molecule has 210 valence electrons. The van der Waals surface area contributed by atoms with E-state index >= 15 is 4.39 Å². The van der Waals surface area contributed by atoms with Gasteiger partial charge in [0.05, 0.1) is 37.1 Å². The van der Waals surface area contributed by atoms with Crippen LogP contribution in [0.3, 0.4) is 0 Å². The summed E-state index contributed by atoms with van der Waals surface area (Å²) in [6, 6.07) is 2.17. The Hall–Kier alpha value is -3.61. The van der Waals surface area contributed by atoms with Crippen LogP contribution in [0.5, 0.6) is 5.75 Å². The van der Waals surface area contributed by atoms with Crippen molar-refractivity contribution < 1.29 is 27.5 Å². The van der Waals surface area contributed by atoms with Gasteiger partial charge in [0.2, 0.25) is 5.95 Å². The molecular weight excluding hydrogens is 515 g/mol. The SMILES string of the molecule is CCN1CC(NC(=O)c2cc(OC)c(Nc3ncc4c(n3)N(C3CCCC3)CC(F)(F)C(=O)N4C)cc2F)C1. The summed E-state index contributed by atoms with van der Waals surface area (Å²) in [5, 5.41) is 5.72. The van der Waals surface area contributed by atoms with Crippen LogP contribution in [-0.4, -0.2) is 85.0 Å². The zero-order valence-electron chi connectivity index (χ0n) is 22.1. The summed E-state index contributed by atoms with van der Waals surface area (Å²) in [4.78, 5) is 38.4. The number of hydrogen-bond acceptors (Lipinski definition) is 8. The second-order valence-corrected chi connectivity index (χ2v) is 10.2. The van der Waals surface area contributed by atoms with Crippen molar-refractivity contribution >= 4 is 35.0 Å². The maximum atomic E-state index is 15.1. The number of rotatable bonds is 7. The Kier molecular flexibility index (Phi) is 7.27. The van der Waals surface area contributed by atoms with Crippen molar-refractivity contribution in [3.8, 4) is 5.75 Å². The van der Waals surface area contributed by atoms with Crippen molar-refractivity contribution in [3.63, 3.8) is 0 Å². The molecule has 10 nitrogen and oxygen atoms in total. The smallest absolute Gasteiger partial charge is 0.342 e. The molecule has 0 bridgehead atoms. The number of nitrogens with zero attached hydrogens (tertiary/aromatic N) is 5. The number of fused-ring (bicyclic) bond motifs is 1. The average molecular weight is 548 g/mol. The first kappa shape index (κ1) is 27.0. The van der Waals surface area contributed by atoms with Crippen LogP contribution in [0.25, 0.3) is 0 Å². The molecule has 39 heavy (non-hydrogen) atoms. The van der Waals surface area contributed by atoms with Crippen molar-refractivity contribution in [3.05, 3.63) is 29.7 Å². The molecular formula is C26H32F3N7O3. The van der Waals surface area contributed by atoms with E-state index in [-0.39, 0.29) is 46.5 Å². The minimum Gasteiger partial charge on any atom is -0.495 e. The molecule has 2 fully saturated rings. The highest BCUT2D eigenvalue weighted by Crippen LogP contribution is 2.40. The van der Waals surface area contributed by atoms with Crippen LogP contribution in [0.2, 0.25) is 0 Å². The normalized spacial score (nSPS) is 19.9. The zero-order valence-corrected chi connectivity index (χ0v) is 22.1. The first-order valence-electron chi connectivity index (χ1n) is 13.1. The molecule has 2 aromatic rings. The molecule has 0 spiro atoms. The molecule has 1 aliphatic carbocycles. The third-order valence-corrected chi connectivity index (χ3v) is 7.66. The summed E-state index contributed by atoms with van der Waals surface area (Å²) >= 11 is 0. The topological polar surface area (TPSA) is 103 Å². The summed E-state index contributed by atoms with van der Waals surface area (Å²) in [6.45, 7) is 3.54. The van der Waals surface area contributed by atoms with E-state index in [2.05, 4.69) is 25.5 Å². The van der Waals surface area contributed by atoms with E-state index in [1.54, 1.807) is 0 Å². The number of benzene rings is 1. The van der Waals surface area contributed by atoms with Crippen LogP contribution < -0.4 is 25.2 Å². The Morgan fingerprint density at radius 3 is 2.62 bits per heavy atom. The maximum Gasteiger partial charge on any atom is 0.342 e. The van der Waals surface area contributed by atoms with Crippen LogP contribution in [0, 0.1) is 5.82 Å². The molecule has 5 rings (SSSR count). The summed E-state index contributed by atoms with van der Waals surface area (Å²) < 4.78 is 50.1. The van der Waals surface area contributed by atoms with Crippen LogP contribution >= 0.6 is 0 Å². The van der Waals surface area contributed by atoms with Crippen molar-refractivity contribution in [2.75, 3.05) is 55.5 Å². The molecule has 0 atom stereocenters. The van der Waals surface area contributed by atoms with Gasteiger partial charge in [0.15, 0.2) is 5.82 Å². The number of likely N-dealkylation sites (N-methyl/N-ethyl adjacent to an activating group) is 1. The second kappa shape index (κ2) is 10.5. The lowest BCUT2D eigenvalue weighted by Crippen LogP contribution is -2.59. The lowest BCUT2D eigenvalue weighted by atomic mass is 10.1. The lowest BCUT2D eigenvalue weighted by Gasteiger charge is -2.38. The van der Waals surface area contributed by atoms with Gasteiger partial charge in [0.1, 0.15) is 17.3 Å². The molecule has 1 aromatic carbocycles. The fourth-order valence-corrected chi connectivity index (χ4v) is 5.40. The van der Waals surface area contributed by atoms with Crippen LogP contribution in [0.4, 0.5) is 36.3 Å². The number of ether oxygens (including phenoxy) is 1. The number of methoxy groups -OCH3 is 1. The first-order chi connectivity index (χ1) is 18.6. The van der Waals surface area contributed by atoms with Gasteiger partial charge in [-0.2, -0.15) is 13.8 Å². The van der Waals surface area contributed by atoms with Crippen LogP contribution in [0.1, 0.15) is 43.0 Å². The Morgan fingerprint density at radius 1 is 1.23 bits per heavy atom. The number of hydrogen-bond donors (Lipinski definition) is 2. The van der Waals surface area contributed by atoms with Gasteiger partial charge in [-0.1, -0.05) is 19.8 Å². The molecule has 0 radical (unpaired) electrons. The number of aromatic nitrogens is 2. The van der Waals surface area contributed by atoms with Crippen molar-refractivity contribution in [1.29, 1.82) is 0 Å². The molecule has 13 heteroatoms. The van der Waals surface area contributed by atoms with Gasteiger partial charge in [-0.25, -0.2) is 9.37 Å². The van der Waals surface area contributed by atoms with E-state index in [9.17, 15) is 18.4 Å². The zero-order chi connectivity index (χ0) is 27.9. The van der Waals surface area contributed by atoms with Crippen molar-refractivity contribution in [2.45, 2.75) is 50.6 Å². The van der Waals surface area contributed by atoms with E-state index in [1.807, 2.05) is 6.92 Å². The number of amides is 2. The predicted molar refractivity (Wildman–Crippen MR) is 140 cm³/mol. The number of carbonyl (C=O) groups is 2. The Labute approximate surface area is 224 Å². The van der Waals surface area contributed by atoms with Gasteiger partial charge >= 0.3 is 5.92 Å². The maximum absolute atomic E-state index is 15.1. The van der Waals surface area contributed by atoms with Gasteiger partial charge < -0.3 is 25.2 Å². The summed E-state index contributed by atoms with van der Waals surface area (Å²) in [7, 11) is 2.66. The standard InChI is InChI=1S/C26H32F3N7O3/c1-4-35-12-15(13-35)31-23(37)17-9-21(39-3)19(10-18(17)27)32-25-30-11-20-22(33-25)36(16-7-5-6-8-16)14-26(28,29)24(38)34(20)2/h9-11,15-16H,4-8,12-14H2,1-3H3,(H,31,37)(H,30,32,33). The summed E-state index contributed by atoms with van der Waals surface area (Å²) in [6.07, 6.45) is 4.51. The number of anilines is 4. The monoisotopic (exact) mass is 547 g/mol. The van der Waals surface area contributed by atoms with Crippen LogP contribution in [0.15, 0.2) is 18.3 Å². The Bertz CT molecular complexity index is 1270. The molecule has 1 saturated carbocycles. The highest BCUT2D eigenvalue weighted by atomic mass is 19.3. The highest BCUT2D eigenvalue weighted by molar-refractivity contribution is 6.02. The number of alkyl halides is 2. The van der Waals surface area contributed by atoms with E-state index in [0.29, 0.717) is 25.9 Å². The fourth-order valence-electron chi connectivity index (χ4n) is 5.40. The third-order valence-electron chi connectivity index (χ3n) is 7.66. The summed E-state index contributed by atoms with van der Waals surface area (Å²) in [5.41, 5.74) is 0.158. The molecule has 2 aliphatic heterocycles. The largest absolute Gasteiger partial charge is 0.495 e.